The van der Waals surface area contributed by atoms with E-state index in [1.54, 1.807) is 0 Å². The number of rotatable bonds is 8. The fourth-order valence-electron chi connectivity index (χ4n) is 2.59. The molecule has 0 aliphatic heterocycles. The normalized spacial score (nSPS) is 13.4. The zero-order valence-electron chi connectivity index (χ0n) is 15.4. The molecule has 0 saturated carbocycles. The minimum atomic E-state index is -0.659. The van der Waals surface area contributed by atoms with Crippen molar-refractivity contribution in [1.29, 1.82) is 0 Å². The zero-order chi connectivity index (χ0) is 17.6. The number of amides is 1. The second-order valence-corrected chi connectivity index (χ2v) is 7.49. The molecular formula is C19H32N2O2. The van der Waals surface area contributed by atoms with Crippen LogP contribution in [0.3, 0.4) is 0 Å². The van der Waals surface area contributed by atoms with Gasteiger partial charge in [-0.2, -0.15) is 0 Å². The molecule has 1 atom stereocenters. The van der Waals surface area contributed by atoms with Gasteiger partial charge in [-0.25, -0.2) is 0 Å². The van der Waals surface area contributed by atoms with E-state index in [0.717, 1.165) is 12.0 Å². The van der Waals surface area contributed by atoms with E-state index in [1.165, 1.54) is 0 Å². The van der Waals surface area contributed by atoms with Gasteiger partial charge < -0.3 is 15.3 Å². The van der Waals surface area contributed by atoms with Crippen LogP contribution in [0.15, 0.2) is 24.3 Å². The van der Waals surface area contributed by atoms with Crippen LogP contribution in [-0.2, 0) is 6.42 Å². The second kappa shape index (κ2) is 8.46. The third-order valence-corrected chi connectivity index (χ3v) is 4.15. The quantitative estimate of drug-likeness (QED) is 0.774. The Morgan fingerprint density at radius 1 is 1.22 bits per heavy atom. The van der Waals surface area contributed by atoms with Crippen molar-refractivity contribution < 1.29 is 9.90 Å². The average Bonchev–Trinajstić information content (AvgIpc) is 2.44. The summed E-state index contributed by atoms with van der Waals surface area (Å²) in [6.45, 7) is 8.59. The lowest BCUT2D eigenvalue weighted by Gasteiger charge is -2.28. The van der Waals surface area contributed by atoms with Gasteiger partial charge in [0.1, 0.15) is 0 Å². The Balaban J connectivity index is 2.57. The van der Waals surface area contributed by atoms with Gasteiger partial charge in [0.15, 0.2) is 0 Å². The highest BCUT2D eigenvalue weighted by Gasteiger charge is 2.17. The standard InChI is InChI=1S/C19H32N2O2/c1-14(2)17(21(5)6)13-20-18(22)16-9-7-15(8-10-16)11-12-19(3,4)23/h7-10,14,17,23H,11-13H2,1-6H3,(H,20,22)/t17-/m0/s1. The highest BCUT2D eigenvalue weighted by molar-refractivity contribution is 5.94. The van der Waals surface area contributed by atoms with Crippen molar-refractivity contribution in [3.8, 4) is 0 Å². The fraction of sp³-hybridized carbons (Fsp3) is 0.632. The van der Waals surface area contributed by atoms with Crippen LogP contribution in [0.2, 0.25) is 0 Å². The molecule has 0 aliphatic carbocycles. The molecule has 1 aromatic rings. The smallest absolute Gasteiger partial charge is 0.251 e. The van der Waals surface area contributed by atoms with Crippen LogP contribution in [0.25, 0.3) is 0 Å². The molecule has 0 heterocycles. The van der Waals surface area contributed by atoms with E-state index in [2.05, 4.69) is 24.1 Å². The third-order valence-electron chi connectivity index (χ3n) is 4.15. The van der Waals surface area contributed by atoms with Crippen LogP contribution in [-0.4, -0.2) is 48.2 Å². The number of aliphatic hydroxyl groups is 1. The van der Waals surface area contributed by atoms with Crippen LogP contribution >= 0.6 is 0 Å². The molecule has 23 heavy (non-hydrogen) atoms. The Hall–Kier alpha value is -1.39. The molecule has 0 unspecified atom stereocenters. The molecule has 0 radical (unpaired) electrons. The number of hydrogen-bond acceptors (Lipinski definition) is 3. The zero-order valence-corrected chi connectivity index (χ0v) is 15.4. The largest absolute Gasteiger partial charge is 0.390 e. The van der Waals surface area contributed by atoms with Crippen LogP contribution in [0.5, 0.6) is 0 Å². The maximum Gasteiger partial charge on any atom is 0.251 e. The van der Waals surface area contributed by atoms with Crippen molar-refractivity contribution in [1.82, 2.24) is 10.2 Å². The van der Waals surface area contributed by atoms with Gasteiger partial charge in [0, 0.05) is 18.2 Å². The maximum absolute atomic E-state index is 12.3. The van der Waals surface area contributed by atoms with Crippen LogP contribution in [0, 0.1) is 5.92 Å². The van der Waals surface area contributed by atoms with E-state index in [4.69, 9.17) is 0 Å². The number of nitrogens with one attached hydrogen (secondary N) is 1. The number of likely N-dealkylation sites (N-methyl/N-ethyl adjacent to an activating group) is 1. The van der Waals surface area contributed by atoms with Gasteiger partial charge in [0.25, 0.3) is 5.91 Å². The Bertz CT molecular complexity index is 479. The molecule has 2 N–H and O–H groups in total. The first-order valence-corrected chi connectivity index (χ1v) is 8.36. The molecule has 0 aliphatic rings. The topological polar surface area (TPSA) is 52.6 Å². The first-order valence-electron chi connectivity index (χ1n) is 8.36. The summed E-state index contributed by atoms with van der Waals surface area (Å²) in [6.07, 6.45) is 1.51. The Morgan fingerprint density at radius 2 is 1.78 bits per heavy atom. The third kappa shape index (κ3) is 7.14. The van der Waals surface area contributed by atoms with Crippen molar-refractivity contribution in [2.24, 2.45) is 5.92 Å². The van der Waals surface area contributed by atoms with E-state index < -0.39 is 5.60 Å². The average molecular weight is 320 g/mol. The monoisotopic (exact) mass is 320 g/mol. The molecule has 0 spiro atoms. The molecule has 4 heteroatoms. The molecule has 0 bridgehead atoms. The summed E-state index contributed by atoms with van der Waals surface area (Å²) in [5, 5.41) is 12.8. The van der Waals surface area contributed by atoms with Gasteiger partial charge in [-0.1, -0.05) is 26.0 Å². The predicted octanol–water partition coefficient (Wildman–Crippen LogP) is 2.71. The molecule has 0 aromatic heterocycles. The van der Waals surface area contributed by atoms with E-state index in [0.29, 0.717) is 30.5 Å². The molecule has 4 nitrogen and oxygen atoms in total. The summed E-state index contributed by atoms with van der Waals surface area (Å²) < 4.78 is 0. The van der Waals surface area contributed by atoms with Gasteiger partial charge in [-0.3, -0.25) is 4.79 Å². The van der Waals surface area contributed by atoms with Gasteiger partial charge in [-0.15, -0.1) is 0 Å². The van der Waals surface area contributed by atoms with E-state index in [9.17, 15) is 9.90 Å². The number of benzene rings is 1. The Morgan fingerprint density at radius 3 is 2.22 bits per heavy atom. The minimum Gasteiger partial charge on any atom is -0.390 e. The van der Waals surface area contributed by atoms with Gasteiger partial charge in [0.2, 0.25) is 0 Å². The van der Waals surface area contributed by atoms with Crippen LogP contribution < -0.4 is 5.32 Å². The number of hydrogen-bond donors (Lipinski definition) is 2. The lowest BCUT2D eigenvalue weighted by Crippen LogP contribution is -2.43. The molecule has 0 fully saturated rings. The van der Waals surface area contributed by atoms with E-state index in [1.807, 2.05) is 52.2 Å². The summed E-state index contributed by atoms with van der Waals surface area (Å²) in [6, 6.07) is 7.97. The summed E-state index contributed by atoms with van der Waals surface area (Å²) in [7, 11) is 4.07. The van der Waals surface area contributed by atoms with E-state index in [-0.39, 0.29) is 5.91 Å². The lowest BCUT2D eigenvalue weighted by atomic mass is 9.98. The number of nitrogens with zero attached hydrogens (tertiary/aromatic N) is 1. The van der Waals surface area contributed by atoms with Crippen LogP contribution in [0.1, 0.15) is 50.0 Å². The van der Waals surface area contributed by atoms with Crippen molar-refractivity contribution in [3.05, 3.63) is 35.4 Å². The van der Waals surface area contributed by atoms with Gasteiger partial charge in [-0.05, 0) is 64.4 Å². The first-order chi connectivity index (χ1) is 10.6. The molecule has 130 valence electrons. The molecule has 0 saturated heterocycles. The van der Waals surface area contributed by atoms with Crippen molar-refractivity contribution >= 4 is 5.91 Å². The molecular weight excluding hydrogens is 288 g/mol. The summed E-state index contributed by atoms with van der Waals surface area (Å²) in [4.78, 5) is 14.4. The fourth-order valence-corrected chi connectivity index (χ4v) is 2.59. The van der Waals surface area contributed by atoms with Crippen molar-refractivity contribution in [2.75, 3.05) is 20.6 Å². The van der Waals surface area contributed by atoms with Crippen molar-refractivity contribution in [2.45, 2.75) is 52.2 Å². The molecule has 1 aromatic carbocycles. The molecule has 1 rings (SSSR count). The summed E-state index contributed by atoms with van der Waals surface area (Å²) in [5.74, 6) is 0.445. The van der Waals surface area contributed by atoms with Gasteiger partial charge in [0.05, 0.1) is 5.60 Å². The number of carbonyl (C=O) groups is 1. The number of carbonyl (C=O) groups excluding carboxylic acids is 1. The highest BCUT2D eigenvalue weighted by Crippen LogP contribution is 2.14. The lowest BCUT2D eigenvalue weighted by molar-refractivity contribution is 0.0713. The summed E-state index contributed by atoms with van der Waals surface area (Å²) >= 11 is 0. The summed E-state index contributed by atoms with van der Waals surface area (Å²) in [5.41, 5.74) is 1.16. The predicted molar refractivity (Wildman–Crippen MR) is 95.7 cm³/mol. The Kier molecular flexibility index (Phi) is 7.23. The Labute approximate surface area is 140 Å². The number of aryl methyl sites for hydroxylation is 1. The minimum absolute atomic E-state index is 0.0356. The highest BCUT2D eigenvalue weighted by atomic mass is 16.3. The molecule has 1 amide bonds. The maximum atomic E-state index is 12.3. The van der Waals surface area contributed by atoms with Gasteiger partial charge >= 0.3 is 0 Å². The second-order valence-electron chi connectivity index (χ2n) is 7.49. The van der Waals surface area contributed by atoms with Crippen molar-refractivity contribution in [3.63, 3.8) is 0 Å². The van der Waals surface area contributed by atoms with Crippen LogP contribution in [0.4, 0.5) is 0 Å². The first kappa shape index (κ1) is 19.7. The van der Waals surface area contributed by atoms with E-state index >= 15 is 0 Å². The SMILES string of the molecule is CC(C)[C@H](CNC(=O)c1ccc(CCC(C)(C)O)cc1)N(C)C.